The lowest BCUT2D eigenvalue weighted by atomic mass is 10.3. The summed E-state index contributed by atoms with van der Waals surface area (Å²) in [6, 6.07) is 0. The van der Waals surface area contributed by atoms with Gasteiger partial charge in [0.05, 0.1) is 0 Å². The highest BCUT2D eigenvalue weighted by molar-refractivity contribution is 6.31. The smallest absolute Gasteiger partial charge is 0.409 e. The van der Waals surface area contributed by atoms with Crippen LogP contribution in [0.25, 0.3) is 0 Å². The van der Waals surface area contributed by atoms with Crippen LogP contribution in [0.4, 0.5) is 0 Å². The zero-order valence-corrected chi connectivity index (χ0v) is 5.83. The number of hydrogen-bond acceptors (Lipinski definition) is 5. The molecule has 0 aliphatic carbocycles. The molecule has 0 aromatic heterocycles. The molecule has 5 nitrogen and oxygen atoms in total. The van der Waals surface area contributed by atoms with Crippen molar-refractivity contribution in [1.29, 1.82) is 0 Å². The lowest BCUT2D eigenvalue weighted by molar-refractivity contribution is -0.155. The third kappa shape index (κ3) is 1.36. The maximum atomic E-state index is 10.8. The van der Waals surface area contributed by atoms with Gasteiger partial charge < -0.3 is 9.47 Å². The van der Waals surface area contributed by atoms with Crippen LogP contribution in [0.5, 0.6) is 0 Å². The first kappa shape index (κ1) is 7.71. The quantitative estimate of drug-likeness (QED) is 0.396. The molecular weight excluding hydrogens is 152 g/mol. The third-order valence-electron chi connectivity index (χ3n) is 1.21. The van der Waals surface area contributed by atoms with E-state index in [4.69, 9.17) is 0 Å². The summed E-state index contributed by atoms with van der Waals surface area (Å²) in [7, 11) is 0. The van der Waals surface area contributed by atoms with Crippen LogP contribution >= 0.6 is 0 Å². The van der Waals surface area contributed by atoms with E-state index < -0.39 is 24.0 Å². The summed E-state index contributed by atoms with van der Waals surface area (Å²) in [5, 5.41) is 0. The SMILES string of the molecule is CCC(=O)C1OC(=O)C(=O)O1. The maximum absolute atomic E-state index is 10.8. The molecule has 1 saturated heterocycles. The summed E-state index contributed by atoms with van der Waals surface area (Å²) in [5.74, 6) is -2.61. The predicted molar refractivity (Wildman–Crippen MR) is 31.3 cm³/mol. The van der Waals surface area contributed by atoms with Crippen molar-refractivity contribution in [1.82, 2.24) is 0 Å². The van der Waals surface area contributed by atoms with Gasteiger partial charge in [-0.25, -0.2) is 9.59 Å². The van der Waals surface area contributed by atoms with Crippen LogP contribution in [-0.4, -0.2) is 24.0 Å². The van der Waals surface area contributed by atoms with Gasteiger partial charge in [0.15, 0.2) is 0 Å². The van der Waals surface area contributed by atoms with Crippen molar-refractivity contribution in [3.63, 3.8) is 0 Å². The second kappa shape index (κ2) is 2.69. The molecule has 1 fully saturated rings. The summed E-state index contributed by atoms with van der Waals surface area (Å²) in [5.41, 5.74) is 0. The highest BCUT2D eigenvalue weighted by Gasteiger charge is 2.37. The Kier molecular flexibility index (Phi) is 1.89. The van der Waals surface area contributed by atoms with E-state index in [2.05, 4.69) is 9.47 Å². The molecule has 0 amide bonds. The van der Waals surface area contributed by atoms with E-state index in [1.807, 2.05) is 0 Å². The van der Waals surface area contributed by atoms with E-state index in [0.29, 0.717) is 0 Å². The molecule has 0 bridgehead atoms. The monoisotopic (exact) mass is 158 g/mol. The molecule has 0 unspecified atom stereocenters. The van der Waals surface area contributed by atoms with Gasteiger partial charge >= 0.3 is 18.2 Å². The summed E-state index contributed by atoms with van der Waals surface area (Å²) < 4.78 is 8.53. The Labute approximate surface area is 62.3 Å². The van der Waals surface area contributed by atoms with Crippen LogP contribution < -0.4 is 0 Å². The van der Waals surface area contributed by atoms with Crippen LogP contribution in [0.1, 0.15) is 13.3 Å². The number of ketones is 1. The molecule has 60 valence electrons. The molecule has 11 heavy (non-hydrogen) atoms. The van der Waals surface area contributed by atoms with Crippen molar-refractivity contribution >= 4 is 17.7 Å². The Hall–Kier alpha value is -1.39. The first-order chi connectivity index (χ1) is 5.15. The largest absolute Gasteiger partial charge is 0.421 e. The number of carbonyl (C=O) groups is 3. The molecule has 1 heterocycles. The number of cyclic esters (lactones) is 2. The minimum Gasteiger partial charge on any atom is -0.409 e. The highest BCUT2D eigenvalue weighted by Crippen LogP contribution is 2.08. The number of Topliss-reactive ketones (excluding diaryl/α,β-unsaturated/α-hetero) is 1. The van der Waals surface area contributed by atoms with Crippen LogP contribution in [0.2, 0.25) is 0 Å². The Morgan fingerprint density at radius 2 is 1.82 bits per heavy atom. The number of hydrogen-bond donors (Lipinski definition) is 0. The first-order valence-electron chi connectivity index (χ1n) is 3.09. The third-order valence-corrected chi connectivity index (χ3v) is 1.21. The fourth-order valence-electron chi connectivity index (χ4n) is 0.613. The van der Waals surface area contributed by atoms with Crippen molar-refractivity contribution in [3.05, 3.63) is 0 Å². The Morgan fingerprint density at radius 3 is 2.18 bits per heavy atom. The van der Waals surface area contributed by atoms with Crippen molar-refractivity contribution in [3.8, 4) is 0 Å². The van der Waals surface area contributed by atoms with Crippen LogP contribution in [0, 0.1) is 0 Å². The molecule has 0 aromatic rings. The van der Waals surface area contributed by atoms with Gasteiger partial charge in [0.25, 0.3) is 0 Å². The van der Waals surface area contributed by atoms with Gasteiger partial charge in [-0.05, 0) is 0 Å². The van der Waals surface area contributed by atoms with E-state index >= 15 is 0 Å². The topological polar surface area (TPSA) is 69.7 Å². The zero-order valence-electron chi connectivity index (χ0n) is 5.83. The normalized spacial score (nSPS) is 17.9. The van der Waals surface area contributed by atoms with E-state index in [1.165, 1.54) is 0 Å². The van der Waals surface area contributed by atoms with Crippen molar-refractivity contribution in [2.45, 2.75) is 19.6 Å². The van der Waals surface area contributed by atoms with Gasteiger partial charge in [0, 0.05) is 6.42 Å². The minimum atomic E-state index is -1.31. The number of rotatable bonds is 2. The molecule has 0 spiro atoms. The molecule has 1 aliphatic rings. The van der Waals surface area contributed by atoms with Gasteiger partial charge in [0.2, 0.25) is 5.78 Å². The average molecular weight is 158 g/mol. The zero-order chi connectivity index (χ0) is 8.43. The lowest BCUT2D eigenvalue weighted by Crippen LogP contribution is -2.20. The standard InChI is InChI=1S/C6H6O5/c1-2-3(7)6-10-4(8)5(9)11-6/h6H,2H2,1H3. The Balaban J connectivity index is 2.60. The fourth-order valence-corrected chi connectivity index (χ4v) is 0.613. The number of carbonyl (C=O) groups excluding carboxylic acids is 3. The van der Waals surface area contributed by atoms with Crippen molar-refractivity contribution in [2.24, 2.45) is 0 Å². The van der Waals surface area contributed by atoms with Gasteiger partial charge in [0.1, 0.15) is 0 Å². The van der Waals surface area contributed by atoms with Gasteiger partial charge in [-0.3, -0.25) is 4.79 Å². The van der Waals surface area contributed by atoms with Crippen LogP contribution in [0.3, 0.4) is 0 Å². The number of ether oxygens (including phenoxy) is 2. The fraction of sp³-hybridized carbons (Fsp3) is 0.500. The van der Waals surface area contributed by atoms with E-state index in [1.54, 1.807) is 6.92 Å². The Morgan fingerprint density at radius 1 is 1.36 bits per heavy atom. The van der Waals surface area contributed by atoms with Gasteiger partial charge in [-0.1, -0.05) is 6.92 Å². The summed E-state index contributed by atoms with van der Waals surface area (Å²) in [6.07, 6.45) is -1.13. The van der Waals surface area contributed by atoms with Gasteiger partial charge in [-0.2, -0.15) is 0 Å². The molecule has 0 saturated carbocycles. The average Bonchev–Trinajstić information content (AvgIpc) is 2.31. The summed E-state index contributed by atoms with van der Waals surface area (Å²) in [4.78, 5) is 31.5. The second-order valence-corrected chi connectivity index (χ2v) is 1.96. The highest BCUT2D eigenvalue weighted by atomic mass is 16.8. The van der Waals surface area contributed by atoms with Crippen LogP contribution in [-0.2, 0) is 23.9 Å². The maximum Gasteiger partial charge on any atom is 0.421 e. The minimum absolute atomic E-state index is 0.172. The second-order valence-electron chi connectivity index (χ2n) is 1.96. The molecule has 0 aromatic carbocycles. The predicted octanol–water partition coefficient (Wildman–Crippen LogP) is -0.608. The molecule has 0 radical (unpaired) electrons. The van der Waals surface area contributed by atoms with E-state index in [9.17, 15) is 14.4 Å². The molecule has 0 N–H and O–H groups in total. The van der Waals surface area contributed by atoms with Crippen LogP contribution in [0.15, 0.2) is 0 Å². The lowest BCUT2D eigenvalue weighted by Gasteiger charge is -2.02. The van der Waals surface area contributed by atoms with Crippen molar-refractivity contribution < 1.29 is 23.9 Å². The summed E-state index contributed by atoms with van der Waals surface area (Å²) in [6.45, 7) is 1.59. The summed E-state index contributed by atoms with van der Waals surface area (Å²) >= 11 is 0. The van der Waals surface area contributed by atoms with E-state index in [0.717, 1.165) is 0 Å². The number of esters is 2. The first-order valence-corrected chi connectivity index (χ1v) is 3.09. The molecular formula is C6H6O5. The van der Waals surface area contributed by atoms with E-state index in [-0.39, 0.29) is 6.42 Å². The van der Waals surface area contributed by atoms with Crippen molar-refractivity contribution in [2.75, 3.05) is 0 Å². The molecule has 5 heteroatoms. The molecule has 1 aliphatic heterocycles. The molecule has 1 rings (SSSR count). The van der Waals surface area contributed by atoms with Gasteiger partial charge in [-0.15, -0.1) is 0 Å². The molecule has 0 atom stereocenters. The Bertz CT molecular complexity index is 203.